The van der Waals surface area contributed by atoms with Crippen molar-refractivity contribution < 1.29 is 4.79 Å². The van der Waals surface area contributed by atoms with Gasteiger partial charge >= 0.3 is 0 Å². The normalized spacial score (nSPS) is 18.0. The Bertz CT molecular complexity index is 137. The molecule has 0 saturated carbocycles. The van der Waals surface area contributed by atoms with Crippen LogP contribution in [-0.4, -0.2) is 18.5 Å². The molecular weight excluding hydrogens is 94.1 g/mol. The van der Waals surface area contributed by atoms with Crippen molar-refractivity contribution in [3.63, 3.8) is 0 Å². The second-order valence-electron chi connectivity index (χ2n) is 1.10. The molecule has 7 heavy (non-hydrogen) atoms. The summed E-state index contributed by atoms with van der Waals surface area (Å²) in [4.78, 5) is 10.2. The Morgan fingerprint density at radius 3 is 2.86 bits per heavy atom. The molecule has 0 amide bonds. The Balaban J connectivity index is 2.66. The zero-order chi connectivity index (χ0) is 5.11. The molecule has 0 bridgehead atoms. The third-order valence-corrected chi connectivity index (χ3v) is 0.543. The van der Waals surface area contributed by atoms with Crippen molar-refractivity contribution in [3.05, 3.63) is 0 Å². The molecule has 1 rings (SSSR count). The number of hydrogen-bond donors (Lipinski definition) is 0. The van der Waals surface area contributed by atoms with Gasteiger partial charge in [0.15, 0.2) is 5.78 Å². The van der Waals surface area contributed by atoms with Gasteiger partial charge in [-0.15, -0.1) is 5.10 Å². The largest absolute Gasteiger partial charge is 0.291 e. The van der Waals surface area contributed by atoms with Gasteiger partial charge in [0.25, 0.3) is 0 Å². The molecule has 0 spiro atoms. The van der Waals surface area contributed by atoms with Crippen LogP contribution in [0, 0.1) is 0 Å². The van der Waals surface area contributed by atoms with Crippen LogP contribution in [0.5, 0.6) is 0 Å². The smallest absolute Gasteiger partial charge is 0.199 e. The summed E-state index contributed by atoms with van der Waals surface area (Å²) < 4.78 is 0. The second kappa shape index (κ2) is 1.59. The predicted octanol–water partition coefficient (Wildman–Crippen LogP) is 0.00710. The number of Topliss-reactive ketones (excluding diaryl/α,β-unsaturated/α-hetero) is 1. The second-order valence-corrected chi connectivity index (χ2v) is 1.10. The number of carbonyl (C=O) groups excluding carboxylic acids is 1. The minimum Gasteiger partial charge on any atom is -0.291 e. The molecule has 4 heteroatoms. The molecule has 36 valence electrons. The molecule has 1 aliphatic heterocycles. The summed E-state index contributed by atoms with van der Waals surface area (Å²) in [6, 6.07) is 0. The molecule has 0 atom stereocenters. The molecule has 1 heterocycles. The van der Waals surface area contributed by atoms with E-state index in [-0.39, 0.29) is 12.3 Å². The van der Waals surface area contributed by atoms with Gasteiger partial charge in [-0.2, -0.15) is 5.11 Å². The van der Waals surface area contributed by atoms with Gasteiger partial charge in [-0.1, -0.05) is 0 Å². The van der Waals surface area contributed by atoms with Crippen molar-refractivity contribution in [3.8, 4) is 0 Å². The Labute approximate surface area is 39.9 Å². The first kappa shape index (κ1) is 4.11. The molecule has 0 unspecified atom stereocenters. The Morgan fingerprint density at radius 2 is 2.57 bits per heavy atom. The lowest BCUT2D eigenvalue weighted by molar-refractivity contribution is -0.111. The van der Waals surface area contributed by atoms with Crippen molar-refractivity contribution in [2.75, 3.05) is 6.54 Å². The number of hydrogen-bond acceptors (Lipinski definition) is 4. The molecule has 0 aromatic rings. The number of ketones is 1. The van der Waals surface area contributed by atoms with E-state index in [9.17, 15) is 4.79 Å². The molecule has 0 aliphatic carbocycles. The zero-order valence-electron chi connectivity index (χ0n) is 3.53. The molecule has 4 nitrogen and oxygen atoms in total. The van der Waals surface area contributed by atoms with Crippen LogP contribution in [0.3, 0.4) is 0 Å². The van der Waals surface area contributed by atoms with Crippen molar-refractivity contribution in [2.24, 2.45) is 15.4 Å². The van der Waals surface area contributed by atoms with E-state index in [1.54, 1.807) is 0 Å². The molecule has 0 fully saturated rings. The SMILES string of the molecule is O=C1C=NN=NC1. The molecule has 0 N–H and O–H groups in total. The van der Waals surface area contributed by atoms with Gasteiger partial charge in [0.1, 0.15) is 6.54 Å². The fourth-order valence-electron chi connectivity index (χ4n) is 0.269. The summed E-state index contributed by atoms with van der Waals surface area (Å²) in [7, 11) is 0. The van der Waals surface area contributed by atoms with E-state index in [1.807, 2.05) is 0 Å². The zero-order valence-corrected chi connectivity index (χ0v) is 3.53. The van der Waals surface area contributed by atoms with Gasteiger partial charge in [0.2, 0.25) is 0 Å². The Morgan fingerprint density at radius 1 is 1.71 bits per heavy atom. The summed E-state index contributed by atoms with van der Waals surface area (Å²) in [5, 5.41) is 9.78. The maximum Gasteiger partial charge on any atom is 0.199 e. The predicted molar refractivity (Wildman–Crippen MR) is 23.2 cm³/mol. The summed E-state index contributed by atoms with van der Waals surface area (Å²) in [6.45, 7) is 0.156. The van der Waals surface area contributed by atoms with Crippen LogP contribution in [-0.2, 0) is 4.79 Å². The Hall–Kier alpha value is -1.06. The van der Waals surface area contributed by atoms with E-state index >= 15 is 0 Å². The highest BCUT2D eigenvalue weighted by atomic mass is 16.1. The highest BCUT2D eigenvalue weighted by Gasteiger charge is 1.96. The number of nitrogens with zero attached hydrogens (tertiary/aromatic N) is 3. The molecule has 0 saturated heterocycles. The van der Waals surface area contributed by atoms with E-state index in [1.165, 1.54) is 0 Å². The van der Waals surface area contributed by atoms with Gasteiger partial charge < -0.3 is 0 Å². The third-order valence-electron chi connectivity index (χ3n) is 0.543. The van der Waals surface area contributed by atoms with Crippen LogP contribution in [0.25, 0.3) is 0 Å². The average molecular weight is 97.1 g/mol. The maximum atomic E-state index is 10.2. The van der Waals surface area contributed by atoms with Crippen molar-refractivity contribution in [1.82, 2.24) is 0 Å². The first-order chi connectivity index (χ1) is 3.39. The Kier molecular flexibility index (Phi) is 0.934. The van der Waals surface area contributed by atoms with Gasteiger partial charge in [-0.05, 0) is 5.22 Å². The van der Waals surface area contributed by atoms with Crippen molar-refractivity contribution in [2.45, 2.75) is 0 Å². The van der Waals surface area contributed by atoms with Crippen LogP contribution >= 0.6 is 0 Å². The first-order valence-corrected chi connectivity index (χ1v) is 1.82. The van der Waals surface area contributed by atoms with E-state index in [2.05, 4.69) is 15.4 Å². The lowest BCUT2D eigenvalue weighted by atomic mass is 10.4. The van der Waals surface area contributed by atoms with Crippen LogP contribution in [0.4, 0.5) is 0 Å². The van der Waals surface area contributed by atoms with Gasteiger partial charge in [-0.25, -0.2) is 0 Å². The summed E-state index contributed by atoms with van der Waals surface area (Å²) in [5.41, 5.74) is 0. The van der Waals surface area contributed by atoms with Crippen LogP contribution < -0.4 is 0 Å². The number of carbonyl (C=O) groups is 1. The lowest BCUT2D eigenvalue weighted by Gasteiger charge is -1.86. The monoisotopic (exact) mass is 97.0 g/mol. The first-order valence-electron chi connectivity index (χ1n) is 1.82. The topological polar surface area (TPSA) is 54.1 Å². The van der Waals surface area contributed by atoms with Gasteiger partial charge in [0, 0.05) is 0 Å². The van der Waals surface area contributed by atoms with Gasteiger partial charge in [-0.3, -0.25) is 4.79 Å². The molecule has 1 aliphatic rings. The average Bonchev–Trinajstić information content (AvgIpc) is 1.69. The quantitative estimate of drug-likeness (QED) is 0.420. The summed E-state index contributed by atoms with van der Waals surface area (Å²) >= 11 is 0. The minimum atomic E-state index is -0.0880. The maximum absolute atomic E-state index is 10.2. The molecule has 0 aromatic heterocycles. The van der Waals surface area contributed by atoms with E-state index < -0.39 is 0 Å². The standard InChI is InChI=1S/C3H3N3O/c7-3-1-4-6-5-2-3/h1H,2H2. The van der Waals surface area contributed by atoms with E-state index in [4.69, 9.17) is 0 Å². The third kappa shape index (κ3) is 0.887. The lowest BCUT2D eigenvalue weighted by Crippen LogP contribution is -2.04. The molecule has 0 aromatic carbocycles. The van der Waals surface area contributed by atoms with E-state index in [0.717, 1.165) is 6.21 Å². The highest BCUT2D eigenvalue weighted by molar-refractivity contribution is 6.28. The molecular formula is C3H3N3O. The van der Waals surface area contributed by atoms with Gasteiger partial charge in [0.05, 0.1) is 6.21 Å². The molecule has 0 radical (unpaired) electrons. The van der Waals surface area contributed by atoms with Crippen LogP contribution in [0.2, 0.25) is 0 Å². The highest BCUT2D eigenvalue weighted by Crippen LogP contribution is 1.83. The minimum absolute atomic E-state index is 0.0880. The van der Waals surface area contributed by atoms with E-state index in [0.29, 0.717) is 0 Å². The summed E-state index contributed by atoms with van der Waals surface area (Å²) in [6.07, 6.45) is 1.16. The van der Waals surface area contributed by atoms with Crippen molar-refractivity contribution in [1.29, 1.82) is 0 Å². The van der Waals surface area contributed by atoms with Crippen LogP contribution in [0.1, 0.15) is 0 Å². The summed E-state index contributed by atoms with van der Waals surface area (Å²) in [5.74, 6) is -0.0880. The number of rotatable bonds is 0. The van der Waals surface area contributed by atoms with Crippen LogP contribution in [0.15, 0.2) is 15.4 Å². The fraction of sp³-hybridized carbons (Fsp3) is 0.333. The fourth-order valence-corrected chi connectivity index (χ4v) is 0.269. The van der Waals surface area contributed by atoms with Crippen molar-refractivity contribution >= 4 is 12.0 Å².